The van der Waals surface area contributed by atoms with Crippen molar-refractivity contribution < 1.29 is 4.79 Å². The minimum absolute atomic E-state index is 0.127. The van der Waals surface area contributed by atoms with Crippen LogP contribution in [-0.4, -0.2) is 42.5 Å². The van der Waals surface area contributed by atoms with Crippen LogP contribution in [0, 0.1) is 6.92 Å². The summed E-state index contributed by atoms with van der Waals surface area (Å²) in [5, 5.41) is 0. The number of aryl methyl sites for hydroxylation is 1. The Hall–Kier alpha value is -1.62. The molecule has 0 aromatic carbocycles. The van der Waals surface area contributed by atoms with Gasteiger partial charge in [-0.1, -0.05) is 6.07 Å². The van der Waals surface area contributed by atoms with Crippen molar-refractivity contribution in [1.82, 2.24) is 9.88 Å². The highest BCUT2D eigenvalue weighted by Crippen LogP contribution is 2.19. The van der Waals surface area contributed by atoms with E-state index in [9.17, 15) is 4.79 Å². The number of nitrogens with two attached hydrogens (primary N) is 1. The Bertz CT molecular complexity index is 433. The van der Waals surface area contributed by atoms with Gasteiger partial charge in [-0.05, 0) is 13.0 Å². The summed E-state index contributed by atoms with van der Waals surface area (Å²) in [5.74, 6) is 0.983. The SMILES string of the molecule is Cc1ccc(CN)c(N2CCN(C)C(=O)C2)n1. The molecule has 1 amide bonds. The highest BCUT2D eigenvalue weighted by atomic mass is 16.2. The van der Waals surface area contributed by atoms with Crippen molar-refractivity contribution in [2.75, 3.05) is 31.6 Å². The molecule has 0 atom stereocenters. The second kappa shape index (κ2) is 4.71. The Balaban J connectivity index is 2.27. The highest BCUT2D eigenvalue weighted by molar-refractivity contribution is 5.82. The normalized spacial score (nSPS) is 16.5. The second-order valence-electron chi connectivity index (χ2n) is 4.38. The van der Waals surface area contributed by atoms with Gasteiger partial charge in [-0.15, -0.1) is 0 Å². The second-order valence-corrected chi connectivity index (χ2v) is 4.38. The summed E-state index contributed by atoms with van der Waals surface area (Å²) in [5.41, 5.74) is 7.65. The average Bonchev–Trinajstić information content (AvgIpc) is 2.32. The Morgan fingerprint density at radius 3 is 2.82 bits per heavy atom. The van der Waals surface area contributed by atoms with E-state index in [0.717, 1.165) is 30.2 Å². The fourth-order valence-electron chi connectivity index (χ4n) is 1.94. The molecule has 5 heteroatoms. The maximum Gasteiger partial charge on any atom is 0.241 e. The molecular weight excluding hydrogens is 216 g/mol. The van der Waals surface area contributed by atoms with Crippen LogP contribution in [0.1, 0.15) is 11.3 Å². The number of nitrogens with zero attached hydrogens (tertiary/aromatic N) is 3. The van der Waals surface area contributed by atoms with Crippen LogP contribution in [0.15, 0.2) is 12.1 Å². The van der Waals surface area contributed by atoms with Crippen molar-refractivity contribution in [3.63, 3.8) is 0 Å². The van der Waals surface area contributed by atoms with Crippen LogP contribution in [-0.2, 0) is 11.3 Å². The van der Waals surface area contributed by atoms with Crippen molar-refractivity contribution in [2.45, 2.75) is 13.5 Å². The number of pyridine rings is 1. The zero-order valence-electron chi connectivity index (χ0n) is 10.3. The van der Waals surface area contributed by atoms with Gasteiger partial charge in [-0.2, -0.15) is 0 Å². The number of piperazine rings is 1. The van der Waals surface area contributed by atoms with Gasteiger partial charge >= 0.3 is 0 Å². The summed E-state index contributed by atoms with van der Waals surface area (Å²) in [6.45, 7) is 4.33. The smallest absolute Gasteiger partial charge is 0.241 e. The molecule has 0 aliphatic carbocycles. The van der Waals surface area contributed by atoms with Gasteiger partial charge in [-0.3, -0.25) is 4.79 Å². The van der Waals surface area contributed by atoms with Crippen molar-refractivity contribution in [3.8, 4) is 0 Å². The maximum absolute atomic E-state index is 11.7. The lowest BCUT2D eigenvalue weighted by Crippen LogP contribution is -2.49. The summed E-state index contributed by atoms with van der Waals surface area (Å²) in [6, 6.07) is 3.93. The van der Waals surface area contributed by atoms with Gasteiger partial charge in [0.05, 0.1) is 6.54 Å². The Morgan fingerprint density at radius 2 is 2.18 bits per heavy atom. The lowest BCUT2D eigenvalue weighted by Gasteiger charge is -2.33. The fourth-order valence-corrected chi connectivity index (χ4v) is 1.94. The molecule has 1 aliphatic rings. The largest absolute Gasteiger partial charge is 0.345 e. The van der Waals surface area contributed by atoms with Gasteiger partial charge < -0.3 is 15.5 Å². The van der Waals surface area contributed by atoms with E-state index >= 15 is 0 Å². The third kappa shape index (κ3) is 2.39. The van der Waals surface area contributed by atoms with Crippen molar-refractivity contribution in [3.05, 3.63) is 23.4 Å². The molecule has 0 unspecified atom stereocenters. The molecule has 1 aromatic heterocycles. The van der Waals surface area contributed by atoms with Crippen LogP contribution in [0.3, 0.4) is 0 Å². The zero-order chi connectivity index (χ0) is 12.4. The summed E-state index contributed by atoms with van der Waals surface area (Å²) in [7, 11) is 1.83. The summed E-state index contributed by atoms with van der Waals surface area (Å²) in [6.07, 6.45) is 0. The molecule has 1 aromatic rings. The third-order valence-corrected chi connectivity index (χ3v) is 3.07. The van der Waals surface area contributed by atoms with E-state index < -0.39 is 0 Å². The predicted molar refractivity (Wildman–Crippen MR) is 66.7 cm³/mol. The third-order valence-electron chi connectivity index (χ3n) is 3.07. The first-order chi connectivity index (χ1) is 8.11. The molecule has 1 aliphatic heterocycles. The number of amides is 1. The first-order valence-corrected chi connectivity index (χ1v) is 5.77. The predicted octanol–water partition coefficient (Wildman–Crippen LogP) is 0.127. The van der Waals surface area contributed by atoms with E-state index in [-0.39, 0.29) is 5.91 Å². The molecule has 1 fully saturated rings. The first kappa shape index (κ1) is 11.9. The van der Waals surface area contributed by atoms with Crippen molar-refractivity contribution in [1.29, 1.82) is 0 Å². The number of anilines is 1. The molecule has 2 heterocycles. The Kier molecular flexibility index (Phi) is 3.28. The number of likely N-dealkylation sites (N-methyl/N-ethyl adjacent to an activating group) is 1. The molecule has 2 N–H and O–H groups in total. The van der Waals surface area contributed by atoms with Crippen molar-refractivity contribution >= 4 is 11.7 Å². The van der Waals surface area contributed by atoms with Crippen LogP contribution in [0.25, 0.3) is 0 Å². The van der Waals surface area contributed by atoms with Crippen LogP contribution < -0.4 is 10.6 Å². The monoisotopic (exact) mass is 234 g/mol. The quantitative estimate of drug-likeness (QED) is 0.790. The van der Waals surface area contributed by atoms with Gasteiger partial charge in [0, 0.05) is 37.9 Å². The molecular formula is C12H18N4O. The number of rotatable bonds is 2. The lowest BCUT2D eigenvalue weighted by molar-refractivity contribution is -0.129. The Morgan fingerprint density at radius 1 is 1.41 bits per heavy atom. The molecule has 0 saturated carbocycles. The van der Waals surface area contributed by atoms with Crippen LogP contribution >= 0.6 is 0 Å². The number of carbonyl (C=O) groups is 1. The van der Waals surface area contributed by atoms with Crippen LogP contribution in [0.2, 0.25) is 0 Å². The van der Waals surface area contributed by atoms with E-state index in [0.29, 0.717) is 13.1 Å². The molecule has 2 rings (SSSR count). The topological polar surface area (TPSA) is 62.5 Å². The van der Waals surface area contributed by atoms with E-state index in [1.165, 1.54) is 0 Å². The molecule has 0 bridgehead atoms. The minimum Gasteiger partial charge on any atom is -0.345 e. The summed E-state index contributed by atoms with van der Waals surface area (Å²) >= 11 is 0. The zero-order valence-corrected chi connectivity index (χ0v) is 10.3. The molecule has 5 nitrogen and oxygen atoms in total. The summed E-state index contributed by atoms with van der Waals surface area (Å²) in [4.78, 5) is 19.9. The highest BCUT2D eigenvalue weighted by Gasteiger charge is 2.23. The van der Waals surface area contributed by atoms with E-state index in [2.05, 4.69) is 4.98 Å². The van der Waals surface area contributed by atoms with Crippen molar-refractivity contribution in [2.24, 2.45) is 5.73 Å². The molecule has 92 valence electrons. The minimum atomic E-state index is 0.127. The number of aromatic nitrogens is 1. The Labute approximate surface area is 101 Å². The molecule has 17 heavy (non-hydrogen) atoms. The van der Waals surface area contributed by atoms with E-state index in [4.69, 9.17) is 5.73 Å². The van der Waals surface area contributed by atoms with E-state index in [1.807, 2.05) is 31.0 Å². The van der Waals surface area contributed by atoms with Gasteiger partial charge in [0.1, 0.15) is 5.82 Å². The number of carbonyl (C=O) groups excluding carboxylic acids is 1. The molecule has 1 saturated heterocycles. The maximum atomic E-state index is 11.7. The summed E-state index contributed by atoms with van der Waals surface area (Å²) < 4.78 is 0. The lowest BCUT2D eigenvalue weighted by atomic mass is 10.2. The molecule has 0 radical (unpaired) electrons. The van der Waals surface area contributed by atoms with Crippen LogP contribution in [0.5, 0.6) is 0 Å². The van der Waals surface area contributed by atoms with Gasteiger partial charge in [0.15, 0.2) is 0 Å². The van der Waals surface area contributed by atoms with Gasteiger partial charge in [0.25, 0.3) is 0 Å². The molecule has 0 spiro atoms. The fraction of sp³-hybridized carbons (Fsp3) is 0.500. The number of hydrogen-bond acceptors (Lipinski definition) is 4. The standard InChI is InChI=1S/C12H18N4O/c1-9-3-4-10(7-13)12(14-9)16-6-5-15(2)11(17)8-16/h3-4H,5-8,13H2,1-2H3. The van der Waals surface area contributed by atoms with Gasteiger partial charge in [0.2, 0.25) is 5.91 Å². The number of hydrogen-bond donors (Lipinski definition) is 1. The van der Waals surface area contributed by atoms with E-state index in [1.54, 1.807) is 4.90 Å². The van der Waals surface area contributed by atoms with Crippen LogP contribution in [0.4, 0.5) is 5.82 Å². The van der Waals surface area contributed by atoms with Gasteiger partial charge in [-0.25, -0.2) is 4.98 Å². The average molecular weight is 234 g/mol. The first-order valence-electron chi connectivity index (χ1n) is 5.77.